The Kier molecular flexibility index (Phi) is 7.94. The second-order valence-corrected chi connectivity index (χ2v) is 8.33. The normalized spacial score (nSPS) is 11.2. The lowest BCUT2D eigenvalue weighted by Gasteiger charge is -2.11. The fourth-order valence-electron chi connectivity index (χ4n) is 2.26. The van der Waals surface area contributed by atoms with Crippen LogP contribution in [-0.4, -0.2) is 39.8 Å². The van der Waals surface area contributed by atoms with Gasteiger partial charge in [-0.05, 0) is 43.2 Å². The lowest BCUT2D eigenvalue weighted by molar-refractivity contribution is 0.0486. The summed E-state index contributed by atoms with van der Waals surface area (Å²) in [7, 11) is -2.41. The van der Waals surface area contributed by atoms with E-state index in [0.29, 0.717) is 13.0 Å². The number of carbonyl (C=O) groups excluding carboxylic acids is 1. The molecule has 0 saturated heterocycles. The highest BCUT2D eigenvalue weighted by molar-refractivity contribution is 7.92. The van der Waals surface area contributed by atoms with E-state index >= 15 is 0 Å². The first-order valence-corrected chi connectivity index (χ1v) is 10.4. The number of phenolic OH excluding ortho intramolecular Hbond substituents is 1. The zero-order valence-electron chi connectivity index (χ0n) is 14.9. The summed E-state index contributed by atoms with van der Waals surface area (Å²) in [4.78, 5) is 11.9. The van der Waals surface area contributed by atoms with E-state index in [9.17, 15) is 18.3 Å². The maximum atomic E-state index is 12.5. The number of hydrogen-bond donors (Lipinski definition) is 2. The van der Waals surface area contributed by atoms with Crippen LogP contribution in [0.3, 0.4) is 0 Å². The standard InChI is InChI=1S/C18H19Cl2NO6S/c1-26-6-2-3-7-27-18(23)16-5-4-14(11-17(16)22)21-28(24,25)15-9-12(19)8-13(20)10-15/h4-5,8-11,21-22H,2-3,6-7H2,1H3. The van der Waals surface area contributed by atoms with E-state index in [0.717, 1.165) is 12.5 Å². The number of methoxy groups -OCH3 is 1. The van der Waals surface area contributed by atoms with Gasteiger partial charge in [0.05, 0.1) is 17.2 Å². The number of phenols is 1. The van der Waals surface area contributed by atoms with Crippen LogP contribution in [0.25, 0.3) is 0 Å². The molecule has 152 valence electrons. The van der Waals surface area contributed by atoms with Crippen LogP contribution < -0.4 is 4.72 Å². The van der Waals surface area contributed by atoms with Crippen molar-refractivity contribution >= 4 is 44.9 Å². The van der Waals surface area contributed by atoms with Gasteiger partial charge in [-0.15, -0.1) is 0 Å². The van der Waals surface area contributed by atoms with Gasteiger partial charge < -0.3 is 14.6 Å². The molecule has 0 aliphatic heterocycles. The molecule has 0 atom stereocenters. The second kappa shape index (κ2) is 9.97. The minimum Gasteiger partial charge on any atom is -0.507 e. The summed E-state index contributed by atoms with van der Waals surface area (Å²) in [6.07, 6.45) is 1.37. The van der Waals surface area contributed by atoms with E-state index in [1.54, 1.807) is 7.11 Å². The van der Waals surface area contributed by atoms with E-state index in [1.165, 1.54) is 30.3 Å². The molecule has 28 heavy (non-hydrogen) atoms. The van der Waals surface area contributed by atoms with Crippen LogP contribution >= 0.6 is 23.2 Å². The van der Waals surface area contributed by atoms with Crippen LogP contribution in [-0.2, 0) is 19.5 Å². The first-order valence-electron chi connectivity index (χ1n) is 8.21. The molecule has 0 unspecified atom stereocenters. The molecule has 0 fully saturated rings. The number of carbonyl (C=O) groups is 1. The van der Waals surface area contributed by atoms with Gasteiger partial charge in [-0.1, -0.05) is 23.2 Å². The number of aromatic hydroxyl groups is 1. The van der Waals surface area contributed by atoms with Crippen molar-refractivity contribution in [2.75, 3.05) is 25.0 Å². The third-order valence-electron chi connectivity index (χ3n) is 3.59. The molecule has 2 rings (SSSR count). The summed E-state index contributed by atoms with van der Waals surface area (Å²) in [6.45, 7) is 0.751. The first kappa shape index (κ1) is 22.3. The molecule has 10 heteroatoms. The van der Waals surface area contributed by atoms with Crippen molar-refractivity contribution in [3.8, 4) is 5.75 Å². The molecule has 2 aromatic carbocycles. The molecular formula is C18H19Cl2NO6S. The summed E-state index contributed by atoms with van der Waals surface area (Å²) in [6, 6.07) is 7.62. The van der Waals surface area contributed by atoms with Crippen molar-refractivity contribution in [1.82, 2.24) is 0 Å². The minimum atomic E-state index is -3.99. The molecule has 7 nitrogen and oxygen atoms in total. The van der Waals surface area contributed by atoms with E-state index in [4.69, 9.17) is 32.7 Å². The Hall–Kier alpha value is -2.00. The Balaban J connectivity index is 2.08. The Bertz CT molecular complexity index is 929. The van der Waals surface area contributed by atoms with Crippen molar-refractivity contribution in [2.24, 2.45) is 0 Å². The Labute approximate surface area is 173 Å². The van der Waals surface area contributed by atoms with Crippen molar-refractivity contribution in [3.05, 3.63) is 52.0 Å². The van der Waals surface area contributed by atoms with Gasteiger partial charge >= 0.3 is 5.97 Å². The predicted octanol–water partition coefficient (Wildman–Crippen LogP) is 4.08. The van der Waals surface area contributed by atoms with Crippen molar-refractivity contribution in [3.63, 3.8) is 0 Å². The number of anilines is 1. The maximum Gasteiger partial charge on any atom is 0.341 e. The van der Waals surface area contributed by atoms with Crippen LogP contribution in [0.5, 0.6) is 5.75 Å². The number of nitrogens with one attached hydrogen (secondary N) is 1. The Morgan fingerprint density at radius 3 is 2.32 bits per heavy atom. The summed E-state index contributed by atoms with van der Waals surface area (Å²) in [5, 5.41) is 10.4. The fourth-order valence-corrected chi connectivity index (χ4v) is 4.03. The number of sulfonamides is 1. The van der Waals surface area contributed by atoms with Gasteiger partial charge in [-0.25, -0.2) is 13.2 Å². The molecule has 0 aliphatic rings. The van der Waals surface area contributed by atoms with Crippen molar-refractivity contribution < 1.29 is 27.8 Å². The van der Waals surface area contributed by atoms with Crippen molar-refractivity contribution in [1.29, 1.82) is 0 Å². The second-order valence-electron chi connectivity index (χ2n) is 5.78. The summed E-state index contributed by atoms with van der Waals surface area (Å²) in [5.74, 6) is -1.11. The summed E-state index contributed by atoms with van der Waals surface area (Å²) in [5.41, 5.74) is -0.00858. The molecule has 0 bridgehead atoms. The highest BCUT2D eigenvalue weighted by Crippen LogP contribution is 2.27. The van der Waals surface area contributed by atoms with E-state index in [2.05, 4.69) is 4.72 Å². The molecule has 0 saturated carbocycles. The fraction of sp³-hybridized carbons (Fsp3) is 0.278. The largest absolute Gasteiger partial charge is 0.507 e. The first-order chi connectivity index (χ1) is 13.2. The van der Waals surface area contributed by atoms with Crippen LogP contribution in [0.2, 0.25) is 10.0 Å². The molecular weight excluding hydrogens is 429 g/mol. The third kappa shape index (κ3) is 6.27. The quantitative estimate of drug-likeness (QED) is 0.443. The lowest BCUT2D eigenvalue weighted by atomic mass is 10.2. The number of benzene rings is 2. The summed E-state index contributed by atoms with van der Waals surface area (Å²) >= 11 is 11.7. The molecule has 2 aromatic rings. The molecule has 2 N–H and O–H groups in total. The van der Waals surface area contributed by atoms with Gasteiger partial charge in [-0.2, -0.15) is 0 Å². The zero-order valence-corrected chi connectivity index (χ0v) is 17.3. The third-order valence-corrected chi connectivity index (χ3v) is 5.39. The molecule has 0 aliphatic carbocycles. The number of ether oxygens (including phenoxy) is 2. The topological polar surface area (TPSA) is 102 Å². The van der Waals surface area contributed by atoms with Gasteiger partial charge in [0.2, 0.25) is 0 Å². The lowest BCUT2D eigenvalue weighted by Crippen LogP contribution is -2.13. The van der Waals surface area contributed by atoms with Crippen LogP contribution in [0.15, 0.2) is 41.3 Å². The number of unbranched alkanes of at least 4 members (excludes halogenated alkanes) is 1. The average Bonchev–Trinajstić information content (AvgIpc) is 2.60. The van der Waals surface area contributed by atoms with E-state index in [1.807, 2.05) is 0 Å². The van der Waals surface area contributed by atoms with E-state index < -0.39 is 21.7 Å². The summed E-state index contributed by atoms with van der Waals surface area (Å²) < 4.78 is 37.2. The predicted molar refractivity (Wildman–Crippen MR) is 107 cm³/mol. The number of hydrogen-bond acceptors (Lipinski definition) is 6. The van der Waals surface area contributed by atoms with Gasteiger partial charge in [-0.3, -0.25) is 4.72 Å². The molecule has 0 radical (unpaired) electrons. The molecule has 0 aromatic heterocycles. The monoisotopic (exact) mass is 447 g/mol. The molecule has 0 amide bonds. The molecule has 0 spiro atoms. The average molecular weight is 448 g/mol. The highest BCUT2D eigenvalue weighted by atomic mass is 35.5. The highest BCUT2D eigenvalue weighted by Gasteiger charge is 2.18. The Morgan fingerprint density at radius 2 is 1.71 bits per heavy atom. The van der Waals surface area contributed by atoms with Gasteiger partial charge in [0.25, 0.3) is 10.0 Å². The SMILES string of the molecule is COCCCCOC(=O)c1ccc(NS(=O)(=O)c2cc(Cl)cc(Cl)c2)cc1O. The molecule has 0 heterocycles. The van der Waals surface area contributed by atoms with Crippen molar-refractivity contribution in [2.45, 2.75) is 17.7 Å². The van der Waals surface area contributed by atoms with Crippen LogP contribution in [0, 0.1) is 0 Å². The van der Waals surface area contributed by atoms with Crippen LogP contribution in [0.4, 0.5) is 5.69 Å². The smallest absolute Gasteiger partial charge is 0.341 e. The number of esters is 1. The van der Waals surface area contributed by atoms with Gasteiger partial charge in [0.1, 0.15) is 11.3 Å². The van der Waals surface area contributed by atoms with Gasteiger partial charge in [0, 0.05) is 29.8 Å². The number of halogens is 2. The number of rotatable bonds is 9. The zero-order chi connectivity index (χ0) is 20.7. The van der Waals surface area contributed by atoms with Crippen LogP contribution in [0.1, 0.15) is 23.2 Å². The van der Waals surface area contributed by atoms with E-state index in [-0.39, 0.29) is 32.8 Å². The maximum absolute atomic E-state index is 12.5. The Morgan fingerprint density at radius 1 is 1.07 bits per heavy atom. The van der Waals surface area contributed by atoms with Gasteiger partial charge in [0.15, 0.2) is 0 Å². The minimum absolute atomic E-state index is 0.0604.